The van der Waals surface area contributed by atoms with Gasteiger partial charge in [-0.2, -0.15) is 0 Å². The van der Waals surface area contributed by atoms with Crippen LogP contribution in [0.5, 0.6) is 0 Å². The van der Waals surface area contributed by atoms with E-state index in [0.717, 1.165) is 18.5 Å². The van der Waals surface area contributed by atoms with Gasteiger partial charge in [0, 0.05) is 0 Å². The molecule has 0 unspecified atom stereocenters. The highest BCUT2D eigenvalue weighted by Crippen LogP contribution is 2.39. The molecule has 0 heterocycles. The second-order valence-electron chi connectivity index (χ2n) is 5.48. The van der Waals surface area contributed by atoms with Gasteiger partial charge in [0.15, 0.2) is 0 Å². The fraction of sp³-hybridized carbons (Fsp3) is 0.533. The predicted octanol–water partition coefficient (Wildman–Crippen LogP) is 2.38. The number of rotatable bonds is 5. The lowest BCUT2D eigenvalue weighted by Crippen LogP contribution is -2.29. The summed E-state index contributed by atoms with van der Waals surface area (Å²) < 4.78 is 0. The van der Waals surface area contributed by atoms with E-state index >= 15 is 0 Å². The lowest BCUT2D eigenvalue weighted by molar-refractivity contribution is -0.136. The lowest BCUT2D eigenvalue weighted by atomic mass is 9.80. The molecule has 3 nitrogen and oxygen atoms in total. The molecule has 0 saturated heterocycles. The van der Waals surface area contributed by atoms with Crippen molar-refractivity contribution in [3.63, 3.8) is 0 Å². The maximum Gasteiger partial charge on any atom is 0.307 e. The van der Waals surface area contributed by atoms with Crippen molar-refractivity contribution in [1.29, 1.82) is 0 Å². The van der Waals surface area contributed by atoms with Gasteiger partial charge in [0.25, 0.3) is 0 Å². The Hall–Kier alpha value is -1.35. The molecule has 0 amide bonds. The summed E-state index contributed by atoms with van der Waals surface area (Å²) in [6.45, 7) is 0.754. The van der Waals surface area contributed by atoms with Crippen LogP contribution in [0.25, 0.3) is 0 Å². The number of hydrogen-bond acceptors (Lipinski definition) is 2. The van der Waals surface area contributed by atoms with Gasteiger partial charge < -0.3 is 10.8 Å². The van der Waals surface area contributed by atoms with Gasteiger partial charge in [-0.05, 0) is 42.3 Å². The summed E-state index contributed by atoms with van der Waals surface area (Å²) in [6.07, 6.45) is 6.14. The summed E-state index contributed by atoms with van der Waals surface area (Å²) in [5.74, 6) is -0.781. The van der Waals surface area contributed by atoms with Crippen molar-refractivity contribution in [2.75, 3.05) is 6.54 Å². The van der Waals surface area contributed by atoms with Crippen LogP contribution in [0.3, 0.4) is 0 Å². The Morgan fingerprint density at radius 2 is 1.72 bits per heavy atom. The van der Waals surface area contributed by atoms with E-state index in [0.29, 0.717) is 0 Å². The van der Waals surface area contributed by atoms with E-state index in [1.165, 1.54) is 31.2 Å². The second kappa shape index (κ2) is 5.53. The van der Waals surface area contributed by atoms with Gasteiger partial charge in [-0.3, -0.25) is 4.79 Å². The van der Waals surface area contributed by atoms with Crippen molar-refractivity contribution in [3.05, 3.63) is 35.4 Å². The van der Waals surface area contributed by atoms with Crippen molar-refractivity contribution >= 4 is 5.97 Å². The van der Waals surface area contributed by atoms with E-state index in [1.54, 1.807) is 0 Å². The molecule has 1 aliphatic carbocycles. The minimum absolute atomic E-state index is 0.0995. The minimum atomic E-state index is -0.781. The van der Waals surface area contributed by atoms with Crippen LogP contribution in [0.15, 0.2) is 24.3 Å². The molecular formula is C15H21NO2. The molecule has 3 N–H and O–H groups in total. The highest BCUT2D eigenvalue weighted by atomic mass is 16.4. The van der Waals surface area contributed by atoms with Crippen molar-refractivity contribution in [3.8, 4) is 0 Å². The molecule has 2 rings (SSSR count). The summed E-state index contributed by atoms with van der Waals surface area (Å²) >= 11 is 0. The van der Waals surface area contributed by atoms with E-state index in [-0.39, 0.29) is 11.8 Å². The Kier molecular flexibility index (Phi) is 4.02. The smallest absolute Gasteiger partial charge is 0.307 e. The van der Waals surface area contributed by atoms with Crippen LogP contribution in [0, 0.1) is 5.41 Å². The van der Waals surface area contributed by atoms with Gasteiger partial charge in [0.2, 0.25) is 0 Å². The first-order chi connectivity index (χ1) is 8.63. The van der Waals surface area contributed by atoms with Crippen LogP contribution in [0.1, 0.15) is 36.8 Å². The molecule has 0 radical (unpaired) electrons. The molecule has 1 fully saturated rings. The number of nitrogens with two attached hydrogens (primary N) is 1. The molecule has 1 aromatic carbocycles. The highest BCUT2D eigenvalue weighted by Gasteiger charge is 2.32. The third-order valence-electron chi connectivity index (χ3n) is 4.05. The third kappa shape index (κ3) is 3.10. The molecule has 0 spiro atoms. The van der Waals surface area contributed by atoms with Gasteiger partial charge in [-0.15, -0.1) is 0 Å². The molecule has 1 aliphatic rings. The zero-order valence-corrected chi connectivity index (χ0v) is 10.7. The van der Waals surface area contributed by atoms with Crippen LogP contribution < -0.4 is 5.73 Å². The number of carboxylic acid groups (broad SMARTS) is 1. The first-order valence-electron chi connectivity index (χ1n) is 6.63. The van der Waals surface area contributed by atoms with Crippen molar-refractivity contribution in [1.82, 2.24) is 0 Å². The standard InChI is InChI=1S/C15H21NO2/c16-11-15(7-1-2-8-15)10-13-5-3-12(4-6-13)9-14(17)18/h3-6H,1-2,7-11,16H2,(H,17,18). The molecule has 0 bridgehead atoms. The van der Waals surface area contributed by atoms with Gasteiger partial charge in [0.1, 0.15) is 0 Å². The Bertz CT molecular complexity index is 405. The zero-order valence-electron chi connectivity index (χ0n) is 10.7. The molecule has 0 atom stereocenters. The molecule has 98 valence electrons. The van der Waals surface area contributed by atoms with Crippen molar-refractivity contribution < 1.29 is 9.90 Å². The van der Waals surface area contributed by atoms with E-state index in [2.05, 4.69) is 0 Å². The first-order valence-corrected chi connectivity index (χ1v) is 6.63. The van der Waals surface area contributed by atoms with E-state index < -0.39 is 5.97 Å². The van der Waals surface area contributed by atoms with Crippen molar-refractivity contribution in [2.24, 2.45) is 11.1 Å². The fourth-order valence-electron chi connectivity index (χ4n) is 2.96. The average Bonchev–Trinajstić information content (AvgIpc) is 2.80. The van der Waals surface area contributed by atoms with Crippen LogP contribution in [-0.2, 0) is 17.6 Å². The summed E-state index contributed by atoms with van der Waals surface area (Å²) in [6, 6.07) is 7.94. The van der Waals surface area contributed by atoms with Crippen molar-refractivity contribution in [2.45, 2.75) is 38.5 Å². The summed E-state index contributed by atoms with van der Waals surface area (Å²) in [4.78, 5) is 10.6. The topological polar surface area (TPSA) is 63.3 Å². The van der Waals surface area contributed by atoms with Gasteiger partial charge in [0.05, 0.1) is 6.42 Å². The lowest BCUT2D eigenvalue weighted by Gasteiger charge is -2.27. The van der Waals surface area contributed by atoms with Gasteiger partial charge in [-0.25, -0.2) is 0 Å². The molecular weight excluding hydrogens is 226 g/mol. The van der Waals surface area contributed by atoms with E-state index in [4.69, 9.17) is 10.8 Å². The maximum atomic E-state index is 10.6. The summed E-state index contributed by atoms with van der Waals surface area (Å²) in [5, 5.41) is 8.73. The first kappa shape index (κ1) is 13.1. The van der Waals surface area contributed by atoms with Crippen LogP contribution in [-0.4, -0.2) is 17.6 Å². The monoisotopic (exact) mass is 247 g/mol. The Labute approximate surface area is 108 Å². The molecule has 1 aromatic rings. The SMILES string of the molecule is NCC1(Cc2ccc(CC(=O)O)cc2)CCCC1. The largest absolute Gasteiger partial charge is 0.481 e. The zero-order chi connectivity index (χ0) is 13.0. The number of hydrogen-bond donors (Lipinski definition) is 2. The fourth-order valence-corrected chi connectivity index (χ4v) is 2.96. The van der Waals surface area contributed by atoms with Gasteiger partial charge in [-0.1, -0.05) is 37.1 Å². The van der Waals surface area contributed by atoms with Gasteiger partial charge >= 0.3 is 5.97 Å². The van der Waals surface area contributed by atoms with Crippen LogP contribution in [0.2, 0.25) is 0 Å². The van der Waals surface area contributed by atoms with Crippen LogP contribution >= 0.6 is 0 Å². The molecule has 1 saturated carbocycles. The summed E-state index contributed by atoms with van der Waals surface area (Å²) in [5.41, 5.74) is 8.36. The minimum Gasteiger partial charge on any atom is -0.481 e. The molecule has 18 heavy (non-hydrogen) atoms. The number of carbonyl (C=O) groups is 1. The molecule has 3 heteroatoms. The van der Waals surface area contributed by atoms with Crippen LogP contribution in [0.4, 0.5) is 0 Å². The maximum absolute atomic E-state index is 10.6. The Morgan fingerprint density at radius 1 is 1.17 bits per heavy atom. The molecule has 0 aliphatic heterocycles. The third-order valence-corrected chi connectivity index (χ3v) is 4.05. The van der Waals surface area contributed by atoms with E-state index in [1.807, 2.05) is 24.3 Å². The Balaban J connectivity index is 2.03. The quantitative estimate of drug-likeness (QED) is 0.839. The normalized spacial score (nSPS) is 17.8. The number of carboxylic acids is 1. The second-order valence-corrected chi connectivity index (χ2v) is 5.48. The highest BCUT2D eigenvalue weighted by molar-refractivity contribution is 5.70. The molecule has 0 aromatic heterocycles. The predicted molar refractivity (Wildman–Crippen MR) is 71.4 cm³/mol. The average molecular weight is 247 g/mol. The summed E-state index contributed by atoms with van der Waals surface area (Å²) in [7, 11) is 0. The van der Waals surface area contributed by atoms with E-state index in [9.17, 15) is 4.79 Å². The number of benzene rings is 1. The number of aliphatic carboxylic acids is 1. The Morgan fingerprint density at radius 3 is 2.22 bits per heavy atom.